The van der Waals surface area contributed by atoms with Crippen molar-refractivity contribution in [2.24, 2.45) is 0 Å². The molecule has 20 heavy (non-hydrogen) atoms. The predicted molar refractivity (Wildman–Crippen MR) is 86.0 cm³/mol. The van der Waals surface area contributed by atoms with Gasteiger partial charge in [-0.25, -0.2) is 0 Å². The molecule has 2 atom stereocenters. The van der Waals surface area contributed by atoms with Gasteiger partial charge in [-0.15, -0.1) is 0 Å². The molecule has 2 aromatic rings. The van der Waals surface area contributed by atoms with E-state index >= 15 is 0 Å². The zero-order chi connectivity index (χ0) is 14.1. The average Bonchev–Trinajstić information content (AvgIpc) is 2.82. The Kier molecular flexibility index (Phi) is 4.02. The fraction of sp³-hybridized carbons (Fsp3) is 0.294. The van der Waals surface area contributed by atoms with Crippen LogP contribution in [-0.4, -0.2) is 13.6 Å². The van der Waals surface area contributed by atoms with Crippen molar-refractivity contribution in [2.45, 2.75) is 18.3 Å². The normalized spacial score (nSPS) is 20.9. The minimum absolute atomic E-state index is 0.416. The van der Waals surface area contributed by atoms with Crippen molar-refractivity contribution < 1.29 is 0 Å². The molecule has 1 nitrogen and oxygen atoms in total. The van der Waals surface area contributed by atoms with Crippen molar-refractivity contribution in [3.63, 3.8) is 0 Å². The molecule has 0 aromatic heterocycles. The van der Waals surface area contributed by atoms with Crippen molar-refractivity contribution >= 4 is 23.2 Å². The molecule has 2 aromatic carbocycles. The third kappa shape index (κ3) is 2.46. The third-order valence-corrected chi connectivity index (χ3v) is 4.87. The van der Waals surface area contributed by atoms with Crippen LogP contribution < -0.4 is 5.32 Å². The highest BCUT2D eigenvalue weighted by Gasteiger charge is 2.31. The highest BCUT2D eigenvalue weighted by Crippen LogP contribution is 2.45. The summed E-state index contributed by atoms with van der Waals surface area (Å²) in [6, 6.07) is 14.7. The second-order valence-corrected chi connectivity index (χ2v) is 6.16. The van der Waals surface area contributed by atoms with Gasteiger partial charge in [0, 0.05) is 12.5 Å². The molecule has 0 aliphatic heterocycles. The van der Waals surface area contributed by atoms with Crippen LogP contribution in [0.3, 0.4) is 0 Å². The van der Waals surface area contributed by atoms with Gasteiger partial charge in [0.25, 0.3) is 0 Å². The Morgan fingerprint density at radius 2 is 1.80 bits per heavy atom. The predicted octanol–water partition coefficient (Wildman–Crippen LogP) is 4.83. The molecule has 0 amide bonds. The van der Waals surface area contributed by atoms with Gasteiger partial charge in [-0.2, -0.15) is 0 Å². The summed E-state index contributed by atoms with van der Waals surface area (Å²) in [5.41, 5.74) is 4.13. The molecule has 0 bridgehead atoms. The van der Waals surface area contributed by atoms with E-state index in [4.69, 9.17) is 23.2 Å². The first-order valence-electron chi connectivity index (χ1n) is 6.89. The fourth-order valence-corrected chi connectivity index (χ4v) is 3.53. The lowest BCUT2D eigenvalue weighted by molar-refractivity contribution is 0.597. The quantitative estimate of drug-likeness (QED) is 0.856. The fourth-order valence-electron chi connectivity index (χ4n) is 3.22. The summed E-state index contributed by atoms with van der Waals surface area (Å²) in [4.78, 5) is 0. The van der Waals surface area contributed by atoms with Crippen LogP contribution >= 0.6 is 23.2 Å². The van der Waals surface area contributed by atoms with Gasteiger partial charge < -0.3 is 5.32 Å². The number of likely N-dealkylation sites (N-methyl/N-ethyl adjacent to an activating group) is 1. The van der Waals surface area contributed by atoms with Gasteiger partial charge in [-0.1, -0.05) is 53.5 Å². The van der Waals surface area contributed by atoms with Crippen LogP contribution in [0, 0.1) is 0 Å². The van der Waals surface area contributed by atoms with Gasteiger partial charge in [0.05, 0.1) is 10.0 Å². The lowest BCUT2D eigenvalue weighted by Gasteiger charge is -2.13. The lowest BCUT2D eigenvalue weighted by atomic mass is 9.93. The smallest absolute Gasteiger partial charge is 0.0595 e. The van der Waals surface area contributed by atoms with Crippen LogP contribution in [0.1, 0.15) is 34.9 Å². The molecule has 0 heterocycles. The summed E-state index contributed by atoms with van der Waals surface area (Å²) >= 11 is 12.2. The van der Waals surface area contributed by atoms with Crippen LogP contribution in [0.4, 0.5) is 0 Å². The first-order chi connectivity index (χ1) is 9.70. The summed E-state index contributed by atoms with van der Waals surface area (Å²) in [7, 11) is 2.01. The topological polar surface area (TPSA) is 12.0 Å². The molecule has 0 fully saturated rings. The number of hydrogen-bond donors (Lipinski definition) is 1. The Balaban J connectivity index is 2.01. The number of halogens is 2. The minimum Gasteiger partial charge on any atom is -0.319 e. The van der Waals surface area contributed by atoms with E-state index in [-0.39, 0.29) is 0 Å². The second-order valence-electron chi connectivity index (χ2n) is 5.35. The van der Waals surface area contributed by atoms with Gasteiger partial charge in [0.1, 0.15) is 0 Å². The monoisotopic (exact) mass is 305 g/mol. The van der Waals surface area contributed by atoms with Gasteiger partial charge in [-0.3, -0.25) is 0 Å². The van der Waals surface area contributed by atoms with Crippen LogP contribution in [0.25, 0.3) is 0 Å². The van der Waals surface area contributed by atoms with Crippen molar-refractivity contribution in [2.75, 3.05) is 13.6 Å². The van der Waals surface area contributed by atoms with Crippen molar-refractivity contribution in [3.05, 3.63) is 69.2 Å². The van der Waals surface area contributed by atoms with E-state index in [9.17, 15) is 0 Å². The number of nitrogens with one attached hydrogen (secondary N) is 1. The number of fused-ring (bicyclic) bond motifs is 1. The molecular formula is C17H17Cl2N. The van der Waals surface area contributed by atoms with E-state index in [0.717, 1.165) is 13.0 Å². The molecule has 0 saturated heterocycles. The Hall–Kier alpha value is -1.02. The van der Waals surface area contributed by atoms with Gasteiger partial charge in [0.2, 0.25) is 0 Å². The maximum atomic E-state index is 6.17. The molecule has 0 radical (unpaired) electrons. The zero-order valence-corrected chi connectivity index (χ0v) is 12.9. The second kappa shape index (κ2) is 5.77. The van der Waals surface area contributed by atoms with E-state index in [2.05, 4.69) is 35.6 Å². The van der Waals surface area contributed by atoms with Crippen LogP contribution in [-0.2, 0) is 0 Å². The molecule has 104 valence electrons. The van der Waals surface area contributed by atoms with Crippen molar-refractivity contribution in [1.29, 1.82) is 0 Å². The van der Waals surface area contributed by atoms with Crippen molar-refractivity contribution in [3.8, 4) is 0 Å². The van der Waals surface area contributed by atoms with Gasteiger partial charge in [-0.05, 0) is 48.2 Å². The largest absolute Gasteiger partial charge is 0.319 e. The molecule has 0 unspecified atom stereocenters. The number of hydrogen-bond acceptors (Lipinski definition) is 1. The van der Waals surface area contributed by atoms with E-state index in [1.54, 1.807) is 0 Å². The zero-order valence-electron chi connectivity index (χ0n) is 11.4. The lowest BCUT2D eigenvalue weighted by Crippen LogP contribution is -2.15. The first kappa shape index (κ1) is 13.9. The third-order valence-electron chi connectivity index (χ3n) is 4.13. The summed E-state index contributed by atoms with van der Waals surface area (Å²) in [5.74, 6) is 0.981. The maximum absolute atomic E-state index is 6.17. The molecule has 1 aliphatic carbocycles. The average molecular weight is 306 g/mol. The SMILES string of the molecule is CNC[C@H]1C[C@@H](c2ccc(Cl)c(Cl)c2)c2ccccc21. The van der Waals surface area contributed by atoms with Gasteiger partial charge >= 0.3 is 0 Å². The molecule has 3 rings (SSSR count). The molecular weight excluding hydrogens is 289 g/mol. The van der Waals surface area contributed by atoms with Crippen LogP contribution in [0.2, 0.25) is 10.0 Å². The molecule has 3 heteroatoms. The van der Waals surface area contributed by atoms with E-state index in [0.29, 0.717) is 21.9 Å². The summed E-state index contributed by atoms with van der Waals surface area (Å²) in [6.07, 6.45) is 1.12. The van der Waals surface area contributed by atoms with Gasteiger partial charge in [0.15, 0.2) is 0 Å². The number of rotatable bonds is 3. The Bertz CT molecular complexity index is 624. The Labute approximate surface area is 129 Å². The van der Waals surface area contributed by atoms with E-state index in [1.165, 1.54) is 16.7 Å². The molecule has 0 saturated carbocycles. The summed E-state index contributed by atoms with van der Waals surface area (Å²) in [6.45, 7) is 1.01. The summed E-state index contributed by atoms with van der Waals surface area (Å²) in [5, 5.41) is 4.55. The molecule has 0 spiro atoms. The number of benzene rings is 2. The van der Waals surface area contributed by atoms with E-state index in [1.807, 2.05) is 19.2 Å². The summed E-state index contributed by atoms with van der Waals surface area (Å²) < 4.78 is 0. The Morgan fingerprint density at radius 1 is 1.05 bits per heavy atom. The highest BCUT2D eigenvalue weighted by atomic mass is 35.5. The first-order valence-corrected chi connectivity index (χ1v) is 7.64. The van der Waals surface area contributed by atoms with Crippen LogP contribution in [0.15, 0.2) is 42.5 Å². The molecule has 1 aliphatic rings. The maximum Gasteiger partial charge on any atom is 0.0595 e. The van der Waals surface area contributed by atoms with Crippen molar-refractivity contribution in [1.82, 2.24) is 5.32 Å². The minimum atomic E-state index is 0.416. The van der Waals surface area contributed by atoms with Crippen LogP contribution in [0.5, 0.6) is 0 Å². The standard InChI is InChI=1S/C17H17Cl2N/c1-20-10-12-8-15(14-5-3-2-4-13(12)14)11-6-7-16(18)17(19)9-11/h2-7,9,12,15,20H,8,10H2,1H3/t12-,15+/m1/s1. The highest BCUT2D eigenvalue weighted by molar-refractivity contribution is 6.42. The van der Waals surface area contributed by atoms with E-state index < -0.39 is 0 Å². The molecule has 1 N–H and O–H groups in total. The Morgan fingerprint density at radius 3 is 2.50 bits per heavy atom.